The van der Waals surface area contributed by atoms with Gasteiger partial charge < -0.3 is 9.80 Å². The molecule has 0 bridgehead atoms. The third-order valence-corrected chi connectivity index (χ3v) is 3.09. The summed E-state index contributed by atoms with van der Waals surface area (Å²) in [5, 5.41) is 0. The van der Waals surface area contributed by atoms with Crippen LogP contribution in [0.25, 0.3) is 0 Å². The average molecular weight is 256 g/mol. The minimum atomic E-state index is 0.0419. The van der Waals surface area contributed by atoms with Crippen molar-refractivity contribution in [3.8, 4) is 0 Å². The van der Waals surface area contributed by atoms with Gasteiger partial charge in [-0.1, -0.05) is 27.7 Å². The Kier molecular flexibility index (Phi) is 8.63. The van der Waals surface area contributed by atoms with E-state index in [0.29, 0.717) is 12.8 Å². The van der Waals surface area contributed by atoms with Gasteiger partial charge in [-0.2, -0.15) is 0 Å². The van der Waals surface area contributed by atoms with Gasteiger partial charge in [-0.15, -0.1) is 0 Å². The number of carbonyl (C=O) groups excluding carboxylic acids is 2. The van der Waals surface area contributed by atoms with E-state index >= 15 is 0 Å². The summed E-state index contributed by atoms with van der Waals surface area (Å²) in [4.78, 5) is 27.3. The molecule has 18 heavy (non-hydrogen) atoms. The highest BCUT2D eigenvalue weighted by Gasteiger charge is 2.19. The van der Waals surface area contributed by atoms with Gasteiger partial charge in [-0.25, -0.2) is 0 Å². The summed E-state index contributed by atoms with van der Waals surface area (Å²) in [6.45, 7) is 11.2. The standard InChI is InChI=1S/C12H22N2O2.C2H6/c1-10(2)11(15)4-5-12(16)14-8-6-13(3)7-9-14;1-2/h10H,4-9H2,1-3H3;1-2H3. The number of Topliss-reactive ketones (excluding diaryl/α,β-unsaturated/α-hetero) is 1. The van der Waals surface area contributed by atoms with Crippen molar-refractivity contribution in [2.24, 2.45) is 5.92 Å². The van der Waals surface area contributed by atoms with Gasteiger partial charge in [0.15, 0.2) is 0 Å². The summed E-state index contributed by atoms with van der Waals surface area (Å²) in [7, 11) is 2.06. The molecule has 106 valence electrons. The van der Waals surface area contributed by atoms with E-state index in [1.165, 1.54) is 0 Å². The zero-order valence-electron chi connectivity index (χ0n) is 12.5. The summed E-state index contributed by atoms with van der Waals surface area (Å²) in [5.41, 5.74) is 0. The zero-order chi connectivity index (χ0) is 14.1. The molecule has 1 rings (SSSR count). The van der Waals surface area contributed by atoms with Crippen LogP contribution in [0, 0.1) is 5.92 Å². The third kappa shape index (κ3) is 6.15. The number of amides is 1. The van der Waals surface area contributed by atoms with Crippen LogP contribution in [0.15, 0.2) is 0 Å². The van der Waals surface area contributed by atoms with E-state index in [4.69, 9.17) is 0 Å². The SMILES string of the molecule is CC.CC(C)C(=O)CCC(=O)N1CCN(C)CC1. The van der Waals surface area contributed by atoms with E-state index in [1.807, 2.05) is 32.6 Å². The van der Waals surface area contributed by atoms with E-state index < -0.39 is 0 Å². The maximum absolute atomic E-state index is 11.8. The fourth-order valence-corrected chi connectivity index (χ4v) is 1.73. The number of piperazine rings is 1. The van der Waals surface area contributed by atoms with Crippen LogP contribution in [0.1, 0.15) is 40.5 Å². The average Bonchev–Trinajstić information content (AvgIpc) is 2.38. The molecule has 1 saturated heterocycles. The predicted octanol–water partition coefficient (Wildman–Crippen LogP) is 1.79. The number of ketones is 1. The first-order valence-corrected chi connectivity index (χ1v) is 6.99. The van der Waals surface area contributed by atoms with E-state index in [9.17, 15) is 9.59 Å². The van der Waals surface area contributed by atoms with Crippen LogP contribution in [0.2, 0.25) is 0 Å². The fraction of sp³-hybridized carbons (Fsp3) is 0.857. The number of nitrogens with zero attached hydrogens (tertiary/aromatic N) is 2. The molecule has 1 fully saturated rings. The van der Waals surface area contributed by atoms with Crippen LogP contribution >= 0.6 is 0 Å². The quantitative estimate of drug-likeness (QED) is 0.770. The van der Waals surface area contributed by atoms with Crippen molar-refractivity contribution in [2.45, 2.75) is 40.5 Å². The minimum absolute atomic E-state index is 0.0419. The van der Waals surface area contributed by atoms with Gasteiger partial charge in [-0.3, -0.25) is 9.59 Å². The summed E-state index contributed by atoms with van der Waals surface area (Å²) in [6.07, 6.45) is 0.767. The fourth-order valence-electron chi connectivity index (χ4n) is 1.73. The number of likely N-dealkylation sites (N-methyl/N-ethyl adjacent to an activating group) is 1. The Morgan fingerprint density at radius 2 is 1.50 bits per heavy atom. The molecule has 0 aromatic heterocycles. The van der Waals surface area contributed by atoms with Gasteiger partial charge >= 0.3 is 0 Å². The molecule has 1 amide bonds. The van der Waals surface area contributed by atoms with Gasteiger partial charge in [0.2, 0.25) is 5.91 Å². The van der Waals surface area contributed by atoms with E-state index in [0.717, 1.165) is 26.2 Å². The van der Waals surface area contributed by atoms with Crippen molar-refractivity contribution < 1.29 is 9.59 Å². The monoisotopic (exact) mass is 256 g/mol. The Hall–Kier alpha value is -0.900. The first-order chi connectivity index (χ1) is 8.50. The molecular weight excluding hydrogens is 228 g/mol. The molecule has 0 N–H and O–H groups in total. The van der Waals surface area contributed by atoms with Crippen molar-refractivity contribution in [3.05, 3.63) is 0 Å². The van der Waals surface area contributed by atoms with Crippen molar-refractivity contribution in [1.82, 2.24) is 9.80 Å². The van der Waals surface area contributed by atoms with Gasteiger partial charge in [0.05, 0.1) is 0 Å². The second kappa shape index (κ2) is 9.09. The maximum atomic E-state index is 11.8. The molecule has 0 spiro atoms. The number of carbonyl (C=O) groups is 2. The Balaban J connectivity index is 0.00000137. The van der Waals surface area contributed by atoms with Crippen LogP contribution in [0.4, 0.5) is 0 Å². The highest BCUT2D eigenvalue weighted by Crippen LogP contribution is 2.06. The Bertz CT molecular complexity index is 257. The van der Waals surface area contributed by atoms with Crippen molar-refractivity contribution >= 4 is 11.7 Å². The lowest BCUT2D eigenvalue weighted by atomic mass is 10.0. The van der Waals surface area contributed by atoms with Crippen LogP contribution in [0.3, 0.4) is 0 Å². The summed E-state index contributed by atoms with van der Waals surface area (Å²) in [6, 6.07) is 0. The molecule has 0 aromatic carbocycles. The third-order valence-electron chi connectivity index (χ3n) is 3.09. The molecule has 0 saturated carbocycles. The van der Waals surface area contributed by atoms with Gasteiger partial charge in [0.1, 0.15) is 5.78 Å². The Labute approximate surface area is 111 Å². The normalized spacial score (nSPS) is 16.2. The Morgan fingerprint density at radius 3 is 1.94 bits per heavy atom. The van der Waals surface area contributed by atoms with Gasteiger partial charge in [0, 0.05) is 44.9 Å². The molecule has 0 atom stereocenters. The lowest BCUT2D eigenvalue weighted by Gasteiger charge is -2.32. The largest absolute Gasteiger partial charge is 0.340 e. The van der Waals surface area contributed by atoms with Crippen LogP contribution < -0.4 is 0 Å². The van der Waals surface area contributed by atoms with Gasteiger partial charge in [-0.05, 0) is 7.05 Å². The van der Waals surface area contributed by atoms with Crippen LogP contribution in [-0.4, -0.2) is 54.7 Å². The van der Waals surface area contributed by atoms with E-state index in [2.05, 4.69) is 11.9 Å². The van der Waals surface area contributed by atoms with E-state index in [1.54, 1.807) is 0 Å². The lowest BCUT2D eigenvalue weighted by Crippen LogP contribution is -2.47. The molecule has 4 nitrogen and oxygen atoms in total. The van der Waals surface area contributed by atoms with Crippen LogP contribution in [-0.2, 0) is 9.59 Å². The second-order valence-electron chi connectivity index (χ2n) is 4.81. The predicted molar refractivity (Wildman–Crippen MR) is 74.5 cm³/mol. The van der Waals surface area contributed by atoms with Gasteiger partial charge in [0.25, 0.3) is 0 Å². The molecule has 1 aliphatic heterocycles. The maximum Gasteiger partial charge on any atom is 0.223 e. The smallest absolute Gasteiger partial charge is 0.223 e. The molecule has 4 heteroatoms. The molecule has 0 aliphatic carbocycles. The van der Waals surface area contributed by atoms with Crippen molar-refractivity contribution in [1.29, 1.82) is 0 Å². The van der Waals surface area contributed by atoms with E-state index in [-0.39, 0.29) is 17.6 Å². The lowest BCUT2D eigenvalue weighted by molar-refractivity contribution is -0.135. The molecule has 1 aliphatic rings. The van der Waals surface area contributed by atoms with Crippen molar-refractivity contribution in [3.63, 3.8) is 0 Å². The summed E-state index contributed by atoms with van der Waals surface area (Å²) >= 11 is 0. The van der Waals surface area contributed by atoms with Crippen molar-refractivity contribution in [2.75, 3.05) is 33.2 Å². The first-order valence-electron chi connectivity index (χ1n) is 6.99. The number of hydrogen-bond acceptors (Lipinski definition) is 3. The Morgan fingerprint density at radius 1 is 1.00 bits per heavy atom. The molecular formula is C14H28N2O2. The molecule has 1 heterocycles. The molecule has 0 radical (unpaired) electrons. The first kappa shape index (κ1) is 17.1. The minimum Gasteiger partial charge on any atom is -0.340 e. The summed E-state index contributed by atoms with van der Waals surface area (Å²) in [5.74, 6) is 0.352. The number of rotatable bonds is 4. The van der Waals surface area contributed by atoms with Crippen LogP contribution in [0.5, 0.6) is 0 Å². The topological polar surface area (TPSA) is 40.6 Å². The molecule has 0 unspecified atom stereocenters. The highest BCUT2D eigenvalue weighted by molar-refractivity contribution is 5.86. The second-order valence-corrected chi connectivity index (χ2v) is 4.81. The zero-order valence-corrected chi connectivity index (χ0v) is 12.5. The molecule has 0 aromatic rings. The number of hydrogen-bond donors (Lipinski definition) is 0. The highest BCUT2D eigenvalue weighted by atomic mass is 16.2. The summed E-state index contributed by atoms with van der Waals surface area (Å²) < 4.78 is 0.